The second-order valence-electron chi connectivity index (χ2n) is 3.46. The summed E-state index contributed by atoms with van der Waals surface area (Å²) in [4.78, 5) is 0. The molecule has 0 aromatic rings. The number of rotatable bonds is 5. The summed E-state index contributed by atoms with van der Waals surface area (Å²) in [5, 5.41) is 8.69. The minimum absolute atomic E-state index is 0.302. The fourth-order valence-electron chi connectivity index (χ4n) is 0.969. The third-order valence-electron chi connectivity index (χ3n) is 1.82. The second kappa shape index (κ2) is 4.69. The van der Waals surface area contributed by atoms with Gasteiger partial charge in [0.2, 0.25) is 0 Å². The molecule has 0 bridgehead atoms. The van der Waals surface area contributed by atoms with Gasteiger partial charge in [-0.25, -0.2) is 0 Å². The molecule has 0 saturated heterocycles. The SMILES string of the molecule is CCCC[N+](C)(C)CCO. The first-order valence-corrected chi connectivity index (χ1v) is 4.05. The third kappa shape index (κ3) is 4.77. The Hall–Kier alpha value is -0.0800. The molecule has 0 saturated carbocycles. The lowest BCUT2D eigenvalue weighted by molar-refractivity contribution is -0.890. The fourth-order valence-corrected chi connectivity index (χ4v) is 0.969. The van der Waals surface area contributed by atoms with Gasteiger partial charge in [0.05, 0.1) is 27.2 Å². The maximum absolute atomic E-state index is 8.69. The maximum Gasteiger partial charge on any atom is 0.102 e. The van der Waals surface area contributed by atoms with Crippen molar-refractivity contribution in [2.75, 3.05) is 33.8 Å². The molecule has 0 fully saturated rings. The summed E-state index contributed by atoms with van der Waals surface area (Å²) in [6.45, 7) is 4.55. The van der Waals surface area contributed by atoms with Gasteiger partial charge in [0.25, 0.3) is 0 Å². The van der Waals surface area contributed by atoms with E-state index in [0.29, 0.717) is 6.61 Å². The number of nitrogens with zero attached hydrogens (tertiary/aromatic N) is 1. The second-order valence-corrected chi connectivity index (χ2v) is 3.46. The Kier molecular flexibility index (Phi) is 4.65. The van der Waals surface area contributed by atoms with Crippen LogP contribution in [-0.4, -0.2) is 43.4 Å². The van der Waals surface area contributed by atoms with Gasteiger partial charge >= 0.3 is 0 Å². The van der Waals surface area contributed by atoms with Crippen molar-refractivity contribution in [1.82, 2.24) is 0 Å². The summed E-state index contributed by atoms with van der Waals surface area (Å²) < 4.78 is 0.949. The summed E-state index contributed by atoms with van der Waals surface area (Å²) in [5.41, 5.74) is 0. The van der Waals surface area contributed by atoms with E-state index in [1.165, 1.54) is 19.4 Å². The first kappa shape index (κ1) is 9.92. The molecule has 2 nitrogen and oxygen atoms in total. The van der Waals surface area contributed by atoms with Crippen molar-refractivity contribution in [2.24, 2.45) is 0 Å². The predicted octanol–water partition coefficient (Wildman–Crippen LogP) is 0.855. The molecule has 10 heavy (non-hydrogen) atoms. The highest BCUT2D eigenvalue weighted by Gasteiger charge is 2.11. The lowest BCUT2D eigenvalue weighted by Crippen LogP contribution is -2.42. The van der Waals surface area contributed by atoms with Crippen LogP contribution in [0.15, 0.2) is 0 Å². The number of aliphatic hydroxyl groups is 1. The van der Waals surface area contributed by atoms with Crippen LogP contribution in [0, 0.1) is 0 Å². The average Bonchev–Trinajstić information content (AvgIpc) is 1.84. The fraction of sp³-hybridized carbons (Fsp3) is 1.00. The average molecular weight is 146 g/mol. The number of aliphatic hydroxyl groups excluding tert-OH is 1. The molecule has 0 heterocycles. The van der Waals surface area contributed by atoms with Crippen molar-refractivity contribution in [1.29, 1.82) is 0 Å². The summed E-state index contributed by atoms with van der Waals surface area (Å²) >= 11 is 0. The predicted molar refractivity (Wildman–Crippen MR) is 43.8 cm³/mol. The molecule has 1 N–H and O–H groups in total. The molecular formula is C8H20NO+. The standard InChI is InChI=1S/C8H20NO/c1-4-5-6-9(2,3)7-8-10/h10H,4-8H2,1-3H3/q+1. The summed E-state index contributed by atoms with van der Waals surface area (Å²) in [6, 6.07) is 0. The third-order valence-corrected chi connectivity index (χ3v) is 1.82. The molecular weight excluding hydrogens is 126 g/mol. The summed E-state index contributed by atoms with van der Waals surface area (Å²) in [7, 11) is 4.32. The largest absolute Gasteiger partial charge is 0.391 e. The van der Waals surface area contributed by atoms with Crippen molar-refractivity contribution >= 4 is 0 Å². The van der Waals surface area contributed by atoms with Crippen molar-refractivity contribution in [3.05, 3.63) is 0 Å². The molecule has 62 valence electrons. The van der Waals surface area contributed by atoms with E-state index in [4.69, 9.17) is 5.11 Å². The van der Waals surface area contributed by atoms with E-state index in [0.717, 1.165) is 11.0 Å². The number of unbranched alkanes of at least 4 members (excludes halogenated alkanes) is 1. The Morgan fingerprint density at radius 3 is 2.20 bits per heavy atom. The number of hydrogen-bond donors (Lipinski definition) is 1. The quantitative estimate of drug-likeness (QED) is 0.570. The first-order valence-electron chi connectivity index (χ1n) is 4.05. The molecule has 0 amide bonds. The normalized spacial score (nSPS) is 12.0. The highest BCUT2D eigenvalue weighted by atomic mass is 16.3. The molecule has 0 radical (unpaired) electrons. The lowest BCUT2D eigenvalue weighted by Gasteiger charge is -2.28. The molecule has 0 spiro atoms. The molecule has 0 aliphatic carbocycles. The summed E-state index contributed by atoms with van der Waals surface area (Å²) in [5.74, 6) is 0. The van der Waals surface area contributed by atoms with Gasteiger partial charge in [-0.1, -0.05) is 13.3 Å². The zero-order valence-corrected chi connectivity index (χ0v) is 7.43. The molecule has 0 aromatic heterocycles. The van der Waals surface area contributed by atoms with Crippen molar-refractivity contribution < 1.29 is 9.59 Å². The Morgan fingerprint density at radius 2 is 1.80 bits per heavy atom. The molecule has 0 aliphatic rings. The molecule has 0 aromatic carbocycles. The van der Waals surface area contributed by atoms with E-state index in [-0.39, 0.29) is 0 Å². The lowest BCUT2D eigenvalue weighted by atomic mass is 10.3. The maximum atomic E-state index is 8.69. The minimum atomic E-state index is 0.302. The van der Waals surface area contributed by atoms with E-state index < -0.39 is 0 Å². The zero-order valence-electron chi connectivity index (χ0n) is 7.43. The number of quaternary nitrogens is 1. The van der Waals surface area contributed by atoms with Gasteiger partial charge in [-0.05, 0) is 6.42 Å². The van der Waals surface area contributed by atoms with Crippen LogP contribution in [0.2, 0.25) is 0 Å². The van der Waals surface area contributed by atoms with Crippen LogP contribution < -0.4 is 0 Å². The first-order chi connectivity index (χ1) is 4.62. The van der Waals surface area contributed by atoms with Gasteiger partial charge in [-0.2, -0.15) is 0 Å². The van der Waals surface area contributed by atoms with Crippen molar-refractivity contribution in [3.8, 4) is 0 Å². The Balaban J connectivity index is 3.42. The molecule has 2 heteroatoms. The van der Waals surface area contributed by atoms with Crippen LogP contribution in [0.4, 0.5) is 0 Å². The van der Waals surface area contributed by atoms with Crippen molar-refractivity contribution in [3.63, 3.8) is 0 Å². The molecule has 0 atom stereocenters. The minimum Gasteiger partial charge on any atom is -0.391 e. The van der Waals surface area contributed by atoms with E-state index in [1.54, 1.807) is 0 Å². The van der Waals surface area contributed by atoms with E-state index in [1.807, 2.05) is 0 Å². The molecule has 0 aliphatic heterocycles. The van der Waals surface area contributed by atoms with Gasteiger partial charge < -0.3 is 9.59 Å². The van der Waals surface area contributed by atoms with Gasteiger partial charge in [0.1, 0.15) is 6.54 Å². The van der Waals surface area contributed by atoms with Crippen LogP contribution in [0.3, 0.4) is 0 Å². The van der Waals surface area contributed by atoms with Crippen LogP contribution in [0.25, 0.3) is 0 Å². The monoisotopic (exact) mass is 146 g/mol. The van der Waals surface area contributed by atoms with Crippen molar-refractivity contribution in [2.45, 2.75) is 19.8 Å². The highest BCUT2D eigenvalue weighted by molar-refractivity contribution is 4.34. The van der Waals surface area contributed by atoms with Crippen LogP contribution >= 0.6 is 0 Å². The zero-order chi connectivity index (χ0) is 8.04. The Morgan fingerprint density at radius 1 is 1.20 bits per heavy atom. The highest BCUT2D eigenvalue weighted by Crippen LogP contribution is 1.99. The Labute approximate surface area is 64.1 Å². The van der Waals surface area contributed by atoms with Crippen LogP contribution in [0.5, 0.6) is 0 Å². The van der Waals surface area contributed by atoms with Crippen LogP contribution in [-0.2, 0) is 0 Å². The van der Waals surface area contributed by atoms with E-state index in [2.05, 4.69) is 21.0 Å². The van der Waals surface area contributed by atoms with Gasteiger partial charge in [-0.15, -0.1) is 0 Å². The topological polar surface area (TPSA) is 20.2 Å². The smallest absolute Gasteiger partial charge is 0.102 e. The molecule has 0 unspecified atom stereocenters. The Bertz CT molecular complexity index is 81.3. The van der Waals surface area contributed by atoms with Gasteiger partial charge in [0, 0.05) is 0 Å². The van der Waals surface area contributed by atoms with Crippen LogP contribution in [0.1, 0.15) is 19.8 Å². The molecule has 0 rings (SSSR count). The number of likely N-dealkylation sites (N-methyl/N-ethyl adjacent to an activating group) is 1. The van der Waals surface area contributed by atoms with Gasteiger partial charge in [0.15, 0.2) is 0 Å². The summed E-state index contributed by atoms with van der Waals surface area (Å²) in [6.07, 6.45) is 2.50. The number of hydrogen-bond acceptors (Lipinski definition) is 1. The van der Waals surface area contributed by atoms with Gasteiger partial charge in [-0.3, -0.25) is 0 Å². The van der Waals surface area contributed by atoms with E-state index >= 15 is 0 Å². The van der Waals surface area contributed by atoms with E-state index in [9.17, 15) is 0 Å².